The third-order valence-electron chi connectivity index (χ3n) is 8.20. The van der Waals surface area contributed by atoms with Gasteiger partial charge >= 0.3 is 5.97 Å². The van der Waals surface area contributed by atoms with Gasteiger partial charge in [0.1, 0.15) is 17.1 Å². The molecule has 3 aliphatic rings. The molecule has 1 saturated heterocycles. The molecule has 51 heavy (non-hydrogen) atoms. The first-order valence-electron chi connectivity index (χ1n) is 15.5. The zero-order valence-corrected chi connectivity index (χ0v) is 30.1. The lowest BCUT2D eigenvalue weighted by atomic mass is 9.80. The number of hydrazine groups is 1. The monoisotopic (exact) mass is 758 g/mol. The zero-order chi connectivity index (χ0) is 35.5. The van der Waals surface area contributed by atoms with Gasteiger partial charge in [-0.15, -0.1) is 23.5 Å². The molecule has 3 aromatic carbocycles. The number of hydrogen-bond acceptors (Lipinski definition) is 14. The zero-order valence-electron chi connectivity index (χ0n) is 26.8. The molecule has 7 rings (SSSR count). The van der Waals surface area contributed by atoms with Crippen LogP contribution in [0, 0.1) is 0 Å². The van der Waals surface area contributed by atoms with Crippen LogP contribution in [0.5, 0.6) is 0 Å². The van der Waals surface area contributed by atoms with E-state index in [-0.39, 0.29) is 22.4 Å². The van der Waals surface area contributed by atoms with E-state index in [2.05, 4.69) is 25.3 Å². The normalized spacial score (nSPS) is 19.2. The summed E-state index contributed by atoms with van der Waals surface area (Å²) in [5.41, 5.74) is 10.2. The van der Waals surface area contributed by atoms with Crippen LogP contribution in [0.1, 0.15) is 22.5 Å². The molecule has 2 atom stereocenters. The number of aliphatic carboxylic acids is 1. The maximum absolute atomic E-state index is 14.1. The molecule has 4 heterocycles. The van der Waals surface area contributed by atoms with Crippen molar-refractivity contribution in [3.8, 4) is 0 Å². The summed E-state index contributed by atoms with van der Waals surface area (Å²) in [5.74, 6) is -1.84. The molecular weight excluding hydrogens is 729 g/mol. The average molecular weight is 759 g/mol. The van der Waals surface area contributed by atoms with Gasteiger partial charge in [0.25, 0.3) is 11.8 Å². The van der Waals surface area contributed by atoms with Gasteiger partial charge in [0.2, 0.25) is 17.1 Å². The molecule has 5 N–H and O–H groups in total. The van der Waals surface area contributed by atoms with Crippen molar-refractivity contribution >= 4 is 75.6 Å². The van der Waals surface area contributed by atoms with E-state index in [4.69, 9.17) is 10.6 Å². The predicted molar refractivity (Wildman–Crippen MR) is 200 cm³/mol. The number of oxime groups is 1. The molecule has 1 fully saturated rings. The fourth-order valence-electron chi connectivity index (χ4n) is 5.87. The van der Waals surface area contributed by atoms with Gasteiger partial charge in [-0.2, -0.15) is 13.8 Å². The Morgan fingerprint density at radius 2 is 1.67 bits per heavy atom. The van der Waals surface area contributed by atoms with E-state index < -0.39 is 34.8 Å². The van der Waals surface area contributed by atoms with E-state index in [0.29, 0.717) is 17.1 Å². The standard InChI is InChI=1S/C34H30N8O5S4/c1-41-36-17-24(51-41)48-18-20-19-49-31-26(30(44)42(31)27(20)32(45)46)37-29(43)25(28-38-33(35)50-40-28)39-47-34(21-11-5-2-6-12-21,22-13-7-3-8-14-22)23-15-9-4-10-16-23/h2-17,26,31,36H,18-19H2,1H3,(H,37,43)(H,45,46)(H2,35,38,40)/t26?,31-/m0/s1. The second-order valence-corrected chi connectivity index (χ2v) is 15.7. The Balaban J connectivity index is 1.20. The molecule has 0 aliphatic carbocycles. The summed E-state index contributed by atoms with van der Waals surface area (Å²) in [4.78, 5) is 52.1. The van der Waals surface area contributed by atoms with Crippen molar-refractivity contribution in [2.75, 3.05) is 24.3 Å². The van der Waals surface area contributed by atoms with Crippen molar-refractivity contribution < 1.29 is 24.3 Å². The lowest BCUT2D eigenvalue weighted by Crippen LogP contribution is -2.71. The van der Waals surface area contributed by atoms with Gasteiger partial charge in [-0.05, 0) is 17.5 Å². The summed E-state index contributed by atoms with van der Waals surface area (Å²) < 4.78 is 7.05. The number of carbonyl (C=O) groups excluding carboxylic acids is 2. The number of carboxylic acids is 1. The number of nitrogens with zero attached hydrogens (tertiary/aromatic N) is 5. The Morgan fingerprint density at radius 3 is 2.18 bits per heavy atom. The second-order valence-electron chi connectivity index (χ2n) is 11.4. The molecule has 0 saturated carbocycles. The number of nitrogens with two attached hydrogens (primary N) is 1. The number of anilines is 1. The average Bonchev–Trinajstić information content (AvgIpc) is 3.79. The molecule has 0 spiro atoms. The van der Waals surface area contributed by atoms with Crippen LogP contribution in [0.25, 0.3) is 0 Å². The third kappa shape index (κ3) is 6.82. The number of rotatable bonds is 12. The molecule has 3 aliphatic heterocycles. The van der Waals surface area contributed by atoms with Crippen molar-refractivity contribution in [2.24, 2.45) is 5.16 Å². The number of nitrogens with one attached hydrogen (secondary N) is 2. The molecular formula is C34H30N8O5S4. The Kier molecular flexibility index (Phi) is 10.1. The lowest BCUT2D eigenvalue weighted by molar-refractivity contribution is -0.150. The molecule has 1 unspecified atom stereocenters. The molecule has 260 valence electrons. The quantitative estimate of drug-likeness (QED) is 0.0533. The predicted octanol–water partition coefficient (Wildman–Crippen LogP) is 4.20. The summed E-state index contributed by atoms with van der Waals surface area (Å²) in [6.07, 6.45) is 1.84. The van der Waals surface area contributed by atoms with Crippen LogP contribution >= 0.6 is 47.0 Å². The highest BCUT2D eigenvalue weighted by atomic mass is 32.2. The first-order valence-corrected chi connectivity index (χ1v) is 19.1. The van der Waals surface area contributed by atoms with Crippen LogP contribution in [0.2, 0.25) is 0 Å². The number of nitrogen functional groups attached to an aromatic ring is 1. The highest BCUT2D eigenvalue weighted by Crippen LogP contribution is 2.44. The van der Waals surface area contributed by atoms with E-state index >= 15 is 0 Å². The molecule has 0 radical (unpaired) electrons. The minimum atomic E-state index is -1.31. The number of β-lactam (4-membered cyclic amide) rings is 1. The first-order chi connectivity index (χ1) is 24.8. The number of amides is 2. The highest BCUT2D eigenvalue weighted by Gasteiger charge is 2.54. The smallest absolute Gasteiger partial charge is 0.352 e. The van der Waals surface area contributed by atoms with Gasteiger partial charge in [-0.1, -0.05) is 96.2 Å². The Morgan fingerprint density at radius 1 is 1.06 bits per heavy atom. The van der Waals surface area contributed by atoms with E-state index in [1.165, 1.54) is 40.4 Å². The fourth-order valence-corrected chi connectivity index (χ4v) is 9.67. The fraction of sp³-hybridized carbons (Fsp3) is 0.176. The van der Waals surface area contributed by atoms with Crippen molar-refractivity contribution in [2.45, 2.75) is 17.0 Å². The Bertz CT molecular complexity index is 1950. The number of benzene rings is 3. The topological polar surface area (TPSA) is 175 Å². The van der Waals surface area contributed by atoms with Gasteiger partial charge in [0.15, 0.2) is 5.13 Å². The van der Waals surface area contributed by atoms with Gasteiger partial charge in [-0.3, -0.25) is 14.5 Å². The van der Waals surface area contributed by atoms with Crippen LogP contribution in [-0.4, -0.2) is 77.2 Å². The second kappa shape index (κ2) is 14.8. The number of fused-ring (bicyclic) bond motifs is 1. The van der Waals surface area contributed by atoms with Crippen LogP contribution < -0.4 is 16.5 Å². The molecule has 4 aromatic rings. The van der Waals surface area contributed by atoms with Gasteiger partial charge in [-0.25, -0.2) is 4.79 Å². The number of thioether (sulfide) groups is 2. The van der Waals surface area contributed by atoms with Crippen LogP contribution in [-0.2, 0) is 24.8 Å². The number of aromatic nitrogens is 2. The Labute approximate surface area is 309 Å². The number of carbonyl (C=O) groups is 3. The highest BCUT2D eigenvalue weighted by molar-refractivity contribution is 8.21. The van der Waals surface area contributed by atoms with E-state index in [1.807, 2.05) is 109 Å². The van der Waals surface area contributed by atoms with Crippen LogP contribution in [0.4, 0.5) is 5.13 Å². The Hall–Kier alpha value is -4.81. The van der Waals surface area contributed by atoms with Gasteiger partial charge in [0.05, 0.1) is 4.24 Å². The number of hydrogen-bond donors (Lipinski definition) is 4. The summed E-state index contributed by atoms with van der Waals surface area (Å²) in [5, 5.41) is 16.8. The SMILES string of the molecule is CN1NC=C(SCC2=C(C(=O)O)N3C(=O)C(NC(=O)C(=NOC(c4ccccc4)(c4ccccc4)c4ccccc4)c4nsc(N)n4)[C@@H]3SC2)S1. The van der Waals surface area contributed by atoms with E-state index in [1.54, 1.807) is 0 Å². The third-order valence-corrected chi connectivity index (χ3v) is 12.2. The lowest BCUT2D eigenvalue weighted by Gasteiger charge is -2.49. The molecule has 13 nitrogen and oxygen atoms in total. The number of carboxylic acid groups (broad SMARTS) is 1. The van der Waals surface area contributed by atoms with E-state index in [9.17, 15) is 19.5 Å². The summed E-state index contributed by atoms with van der Waals surface area (Å²) in [6.45, 7) is 0. The molecule has 17 heteroatoms. The van der Waals surface area contributed by atoms with Gasteiger partial charge in [0, 0.05) is 53.0 Å². The van der Waals surface area contributed by atoms with Crippen LogP contribution in [0.3, 0.4) is 0 Å². The minimum absolute atomic E-state index is 0.0591. The summed E-state index contributed by atoms with van der Waals surface area (Å²) >= 11 is 5.25. The largest absolute Gasteiger partial charge is 0.477 e. The maximum Gasteiger partial charge on any atom is 0.352 e. The molecule has 1 aromatic heterocycles. The van der Waals surface area contributed by atoms with Crippen molar-refractivity contribution in [3.05, 3.63) is 135 Å². The van der Waals surface area contributed by atoms with Crippen molar-refractivity contribution in [1.29, 1.82) is 0 Å². The van der Waals surface area contributed by atoms with E-state index in [0.717, 1.165) is 32.5 Å². The minimum Gasteiger partial charge on any atom is -0.477 e. The summed E-state index contributed by atoms with van der Waals surface area (Å²) in [7, 11) is 1.87. The molecule has 2 amide bonds. The summed E-state index contributed by atoms with van der Waals surface area (Å²) in [6, 6.07) is 27.5. The molecule has 0 bridgehead atoms. The first kappa shape index (κ1) is 34.6. The van der Waals surface area contributed by atoms with Gasteiger partial charge < -0.3 is 26.4 Å². The maximum atomic E-state index is 14.1. The van der Waals surface area contributed by atoms with Crippen molar-refractivity contribution in [1.82, 2.24) is 29.4 Å². The van der Waals surface area contributed by atoms with Crippen molar-refractivity contribution in [3.63, 3.8) is 0 Å². The van der Waals surface area contributed by atoms with Crippen LogP contribution in [0.15, 0.2) is 118 Å².